The van der Waals surface area contributed by atoms with Crippen molar-refractivity contribution in [2.75, 3.05) is 32.2 Å². The Balaban J connectivity index is 1.81. The van der Waals surface area contributed by atoms with Crippen LogP contribution in [-0.2, 0) is 4.79 Å². The molecular formula is C18H20N2O4S. The Labute approximate surface area is 150 Å². The van der Waals surface area contributed by atoms with E-state index in [1.807, 2.05) is 17.5 Å². The highest BCUT2D eigenvalue weighted by Gasteiger charge is 2.35. The lowest BCUT2D eigenvalue weighted by Gasteiger charge is -2.39. The normalized spacial score (nSPS) is 17.6. The third kappa shape index (κ3) is 3.19. The molecule has 1 aliphatic rings. The van der Waals surface area contributed by atoms with E-state index in [0.717, 1.165) is 5.69 Å². The number of benzene rings is 1. The Hall–Kier alpha value is -2.54. The zero-order valence-corrected chi connectivity index (χ0v) is 15.2. The van der Waals surface area contributed by atoms with Crippen LogP contribution in [0.2, 0.25) is 0 Å². The van der Waals surface area contributed by atoms with E-state index < -0.39 is 6.04 Å². The number of amides is 2. The van der Waals surface area contributed by atoms with Gasteiger partial charge >= 0.3 is 0 Å². The monoisotopic (exact) mass is 360 g/mol. The second-order valence-corrected chi connectivity index (χ2v) is 6.63. The standard InChI is InChI=1S/C18H20N2O4S/c1-12-17(21)20(13-6-7-14(23-2)15(11-13)24-3)9-8-19(12)18(22)16-5-4-10-25-16/h4-7,10-12H,8-9H2,1-3H3/t12-/m0/s1. The highest BCUT2D eigenvalue weighted by Crippen LogP contribution is 2.32. The van der Waals surface area contributed by atoms with Crippen LogP contribution in [0.4, 0.5) is 5.69 Å². The molecule has 1 saturated heterocycles. The summed E-state index contributed by atoms with van der Waals surface area (Å²) < 4.78 is 10.5. The lowest BCUT2D eigenvalue weighted by Crippen LogP contribution is -2.57. The van der Waals surface area contributed by atoms with Crippen LogP contribution in [-0.4, -0.2) is 50.1 Å². The minimum atomic E-state index is -0.517. The molecule has 0 spiro atoms. The largest absolute Gasteiger partial charge is 0.493 e. The maximum Gasteiger partial charge on any atom is 0.264 e. The van der Waals surface area contributed by atoms with Crippen molar-refractivity contribution in [2.45, 2.75) is 13.0 Å². The maximum absolute atomic E-state index is 12.8. The summed E-state index contributed by atoms with van der Waals surface area (Å²) in [6.07, 6.45) is 0. The molecule has 2 heterocycles. The van der Waals surface area contributed by atoms with Crippen molar-refractivity contribution in [2.24, 2.45) is 0 Å². The molecular weight excluding hydrogens is 340 g/mol. The summed E-state index contributed by atoms with van der Waals surface area (Å²) in [5, 5.41) is 1.86. The van der Waals surface area contributed by atoms with Gasteiger partial charge in [0.15, 0.2) is 11.5 Å². The van der Waals surface area contributed by atoms with Crippen LogP contribution in [0.25, 0.3) is 0 Å². The van der Waals surface area contributed by atoms with E-state index in [-0.39, 0.29) is 11.8 Å². The second-order valence-electron chi connectivity index (χ2n) is 5.68. The van der Waals surface area contributed by atoms with Crippen LogP contribution in [0.3, 0.4) is 0 Å². The first kappa shape index (κ1) is 17.3. The molecule has 6 nitrogen and oxygen atoms in total. The molecule has 2 amide bonds. The van der Waals surface area contributed by atoms with Crippen molar-refractivity contribution in [1.82, 2.24) is 4.90 Å². The van der Waals surface area contributed by atoms with Gasteiger partial charge in [-0.05, 0) is 30.5 Å². The minimum absolute atomic E-state index is 0.0946. The molecule has 1 aliphatic heterocycles. The van der Waals surface area contributed by atoms with Crippen molar-refractivity contribution in [3.63, 3.8) is 0 Å². The first-order valence-electron chi connectivity index (χ1n) is 7.94. The molecule has 25 heavy (non-hydrogen) atoms. The number of nitrogens with zero attached hydrogens (tertiary/aromatic N) is 2. The van der Waals surface area contributed by atoms with Gasteiger partial charge < -0.3 is 19.3 Å². The van der Waals surface area contributed by atoms with Gasteiger partial charge in [-0.2, -0.15) is 0 Å². The number of rotatable bonds is 4. The number of carbonyl (C=O) groups is 2. The molecule has 0 N–H and O–H groups in total. The minimum Gasteiger partial charge on any atom is -0.493 e. The molecule has 0 bridgehead atoms. The predicted octanol–water partition coefficient (Wildman–Crippen LogP) is 2.64. The Kier molecular flexibility index (Phi) is 4.94. The zero-order valence-electron chi connectivity index (χ0n) is 14.4. The van der Waals surface area contributed by atoms with Crippen LogP contribution >= 0.6 is 11.3 Å². The molecule has 1 aromatic heterocycles. The molecule has 1 fully saturated rings. The molecule has 3 rings (SSSR count). The molecule has 0 unspecified atom stereocenters. The van der Waals surface area contributed by atoms with Gasteiger partial charge in [-0.15, -0.1) is 11.3 Å². The van der Waals surface area contributed by atoms with Gasteiger partial charge in [0.25, 0.3) is 5.91 Å². The van der Waals surface area contributed by atoms with Gasteiger partial charge in [-0.1, -0.05) is 6.07 Å². The number of methoxy groups -OCH3 is 2. The van der Waals surface area contributed by atoms with Gasteiger partial charge in [0, 0.05) is 24.8 Å². The number of piperazine rings is 1. The van der Waals surface area contributed by atoms with E-state index in [2.05, 4.69) is 0 Å². The van der Waals surface area contributed by atoms with Crippen LogP contribution in [0.15, 0.2) is 35.7 Å². The number of hydrogen-bond acceptors (Lipinski definition) is 5. The summed E-state index contributed by atoms with van der Waals surface area (Å²) in [6.45, 7) is 2.69. The molecule has 0 aliphatic carbocycles. The lowest BCUT2D eigenvalue weighted by atomic mass is 10.1. The highest BCUT2D eigenvalue weighted by molar-refractivity contribution is 7.12. The van der Waals surface area contributed by atoms with Gasteiger partial charge in [0.2, 0.25) is 5.91 Å². The number of anilines is 1. The SMILES string of the molecule is COc1ccc(N2CCN(C(=O)c3cccs3)[C@@H](C)C2=O)cc1OC. The van der Waals surface area contributed by atoms with Crippen LogP contribution in [0.5, 0.6) is 11.5 Å². The van der Waals surface area contributed by atoms with Crippen molar-refractivity contribution < 1.29 is 19.1 Å². The second kappa shape index (κ2) is 7.14. The first-order chi connectivity index (χ1) is 12.1. The molecule has 2 aromatic rings. The fraction of sp³-hybridized carbons (Fsp3) is 0.333. The Bertz CT molecular complexity index is 775. The van der Waals surface area contributed by atoms with E-state index in [1.54, 1.807) is 49.1 Å². The van der Waals surface area contributed by atoms with Gasteiger partial charge in [0.1, 0.15) is 6.04 Å². The summed E-state index contributed by atoms with van der Waals surface area (Å²) in [6, 6.07) is 8.48. The molecule has 132 valence electrons. The molecule has 0 saturated carbocycles. The smallest absolute Gasteiger partial charge is 0.264 e. The number of ether oxygens (including phenoxy) is 2. The van der Waals surface area contributed by atoms with Crippen LogP contribution < -0.4 is 14.4 Å². The topological polar surface area (TPSA) is 59.1 Å². The number of thiophene rings is 1. The maximum atomic E-state index is 12.8. The summed E-state index contributed by atoms with van der Waals surface area (Å²) in [7, 11) is 3.13. The van der Waals surface area contributed by atoms with Gasteiger partial charge in [-0.25, -0.2) is 0 Å². The lowest BCUT2D eigenvalue weighted by molar-refractivity contribution is -0.124. The Morgan fingerprint density at radius 3 is 2.56 bits per heavy atom. The summed E-state index contributed by atoms with van der Waals surface area (Å²) in [5.74, 6) is 0.974. The van der Waals surface area contributed by atoms with E-state index in [9.17, 15) is 9.59 Å². The Morgan fingerprint density at radius 1 is 1.16 bits per heavy atom. The van der Waals surface area contributed by atoms with Crippen LogP contribution in [0, 0.1) is 0 Å². The summed E-state index contributed by atoms with van der Waals surface area (Å²) >= 11 is 1.39. The third-order valence-electron chi connectivity index (χ3n) is 4.33. The van der Waals surface area contributed by atoms with E-state index in [1.165, 1.54) is 11.3 Å². The van der Waals surface area contributed by atoms with E-state index in [4.69, 9.17) is 9.47 Å². The van der Waals surface area contributed by atoms with Crippen molar-refractivity contribution in [1.29, 1.82) is 0 Å². The average Bonchev–Trinajstić information content (AvgIpc) is 3.17. The van der Waals surface area contributed by atoms with Crippen molar-refractivity contribution in [3.8, 4) is 11.5 Å². The quantitative estimate of drug-likeness (QED) is 0.841. The first-order valence-corrected chi connectivity index (χ1v) is 8.82. The predicted molar refractivity (Wildman–Crippen MR) is 96.7 cm³/mol. The number of hydrogen-bond donors (Lipinski definition) is 0. The van der Waals surface area contributed by atoms with Crippen molar-refractivity contribution in [3.05, 3.63) is 40.6 Å². The highest BCUT2D eigenvalue weighted by atomic mass is 32.1. The Morgan fingerprint density at radius 2 is 1.92 bits per heavy atom. The average molecular weight is 360 g/mol. The fourth-order valence-electron chi connectivity index (χ4n) is 2.94. The molecule has 1 aromatic carbocycles. The van der Waals surface area contributed by atoms with Crippen molar-refractivity contribution >= 4 is 28.8 Å². The van der Waals surface area contributed by atoms with Crippen LogP contribution in [0.1, 0.15) is 16.6 Å². The number of carbonyl (C=O) groups excluding carboxylic acids is 2. The van der Waals surface area contributed by atoms with E-state index >= 15 is 0 Å². The zero-order chi connectivity index (χ0) is 18.0. The molecule has 1 atom stereocenters. The molecule has 7 heteroatoms. The molecule has 0 radical (unpaired) electrons. The van der Waals surface area contributed by atoms with Gasteiger partial charge in [-0.3, -0.25) is 9.59 Å². The third-order valence-corrected chi connectivity index (χ3v) is 5.18. The summed E-state index contributed by atoms with van der Waals surface area (Å²) in [4.78, 5) is 29.4. The van der Waals surface area contributed by atoms with Gasteiger partial charge in [0.05, 0.1) is 19.1 Å². The summed E-state index contributed by atoms with van der Waals surface area (Å²) in [5.41, 5.74) is 0.734. The fourth-order valence-corrected chi connectivity index (χ4v) is 3.62. The van der Waals surface area contributed by atoms with E-state index in [0.29, 0.717) is 29.5 Å².